The smallest absolute Gasteiger partial charge is 0.412 e. The summed E-state index contributed by atoms with van der Waals surface area (Å²) < 4.78 is 11.1. The summed E-state index contributed by atoms with van der Waals surface area (Å²) in [7, 11) is 1.59. The van der Waals surface area contributed by atoms with Crippen molar-refractivity contribution in [3.05, 3.63) is 101 Å². The largest absolute Gasteiger partial charge is 0.497 e. The Bertz CT molecular complexity index is 1610. The van der Waals surface area contributed by atoms with Crippen molar-refractivity contribution in [3.63, 3.8) is 0 Å². The first-order valence-electron chi connectivity index (χ1n) is 13.9. The number of benzene rings is 3. The highest BCUT2D eigenvalue weighted by atomic mass is 32.2. The molecule has 2 heterocycles. The molecular formula is C32H30N4O5S2. The van der Waals surface area contributed by atoms with E-state index in [1.165, 1.54) is 28.0 Å². The zero-order chi connectivity index (χ0) is 29.8. The van der Waals surface area contributed by atoms with E-state index in [1.807, 2.05) is 72.1 Å². The lowest BCUT2D eigenvalue weighted by molar-refractivity contribution is -0.120. The van der Waals surface area contributed by atoms with Gasteiger partial charge in [-0.05, 0) is 48.2 Å². The molecule has 0 spiro atoms. The second-order valence-electron chi connectivity index (χ2n) is 10.3. The summed E-state index contributed by atoms with van der Waals surface area (Å²) in [6.45, 7) is 0.0941. The zero-order valence-corrected chi connectivity index (χ0v) is 25.0. The lowest BCUT2D eigenvalue weighted by Gasteiger charge is -2.28. The topological polar surface area (TPSA) is 110 Å². The first-order chi connectivity index (χ1) is 21.0. The van der Waals surface area contributed by atoms with Crippen LogP contribution in [-0.4, -0.2) is 52.7 Å². The van der Waals surface area contributed by atoms with Crippen LogP contribution in [0, 0.1) is 0 Å². The van der Waals surface area contributed by atoms with Crippen molar-refractivity contribution in [1.82, 2.24) is 15.2 Å². The van der Waals surface area contributed by atoms with E-state index < -0.39 is 17.5 Å². The number of ether oxygens (including phenoxy) is 2. The second kappa shape index (κ2) is 12.9. The molecule has 2 unspecified atom stereocenters. The minimum Gasteiger partial charge on any atom is -0.497 e. The standard InChI is InChI=1S/C32H30N4O5S2/c1-40-25-9-5-8-23(16-25)30-36(32(39)41-17-20-6-3-2-4-7-20)27(19-42-30)29(38)35-31-34-26(18-43-31)21-10-12-22(13-11-21)28(37)33-24-14-15-24/h2-13,16,18,24,27,30H,14-15,17,19H2,1H3,(H,33,37)(H,34,35,38). The lowest BCUT2D eigenvalue weighted by atomic mass is 10.1. The zero-order valence-electron chi connectivity index (χ0n) is 23.4. The molecule has 1 aromatic heterocycles. The summed E-state index contributed by atoms with van der Waals surface area (Å²) >= 11 is 2.79. The van der Waals surface area contributed by atoms with E-state index in [2.05, 4.69) is 15.6 Å². The third-order valence-electron chi connectivity index (χ3n) is 7.19. The van der Waals surface area contributed by atoms with Crippen molar-refractivity contribution in [2.24, 2.45) is 0 Å². The number of carbonyl (C=O) groups excluding carboxylic acids is 3. The molecule has 9 nitrogen and oxygen atoms in total. The highest BCUT2D eigenvalue weighted by Crippen LogP contribution is 2.43. The van der Waals surface area contributed by atoms with Gasteiger partial charge in [0.15, 0.2) is 5.13 Å². The predicted octanol–water partition coefficient (Wildman–Crippen LogP) is 6.10. The van der Waals surface area contributed by atoms with Crippen LogP contribution in [0.25, 0.3) is 11.3 Å². The van der Waals surface area contributed by atoms with Gasteiger partial charge in [-0.2, -0.15) is 0 Å². The van der Waals surface area contributed by atoms with Crippen LogP contribution in [0.3, 0.4) is 0 Å². The van der Waals surface area contributed by atoms with Crippen LogP contribution in [-0.2, 0) is 16.1 Å². The van der Waals surface area contributed by atoms with E-state index in [0.717, 1.165) is 29.5 Å². The third-order valence-corrected chi connectivity index (χ3v) is 9.27. The summed E-state index contributed by atoms with van der Waals surface area (Å²) in [5, 5.41) is 7.72. The Hall–Kier alpha value is -4.35. The minimum atomic E-state index is -0.777. The van der Waals surface area contributed by atoms with Gasteiger partial charge in [0.1, 0.15) is 23.8 Å². The lowest BCUT2D eigenvalue weighted by Crippen LogP contribution is -2.45. The van der Waals surface area contributed by atoms with Crippen molar-refractivity contribution < 1.29 is 23.9 Å². The molecule has 3 aromatic carbocycles. The Balaban J connectivity index is 1.16. The number of hydrogen-bond donors (Lipinski definition) is 2. The van der Waals surface area contributed by atoms with Crippen LogP contribution in [0.5, 0.6) is 5.75 Å². The summed E-state index contributed by atoms with van der Waals surface area (Å²) in [4.78, 5) is 45.5. The number of amides is 3. The molecule has 2 aliphatic rings. The maximum Gasteiger partial charge on any atom is 0.412 e. The average Bonchev–Trinajstić information content (AvgIpc) is 3.54. The molecule has 1 aliphatic carbocycles. The molecule has 2 N–H and O–H groups in total. The van der Waals surface area contributed by atoms with E-state index in [9.17, 15) is 14.4 Å². The highest BCUT2D eigenvalue weighted by molar-refractivity contribution is 7.99. The number of anilines is 1. The Morgan fingerprint density at radius 1 is 1.00 bits per heavy atom. The molecule has 43 heavy (non-hydrogen) atoms. The van der Waals surface area contributed by atoms with Gasteiger partial charge in [-0.3, -0.25) is 14.5 Å². The van der Waals surface area contributed by atoms with Gasteiger partial charge in [0.05, 0.1) is 12.8 Å². The molecule has 220 valence electrons. The van der Waals surface area contributed by atoms with Crippen LogP contribution >= 0.6 is 23.1 Å². The monoisotopic (exact) mass is 614 g/mol. The Morgan fingerprint density at radius 2 is 1.79 bits per heavy atom. The third kappa shape index (κ3) is 6.84. The molecule has 3 amide bonds. The molecule has 6 rings (SSSR count). The van der Waals surface area contributed by atoms with Gasteiger partial charge in [-0.1, -0.05) is 54.6 Å². The van der Waals surface area contributed by atoms with E-state index in [-0.39, 0.29) is 18.4 Å². The fraction of sp³-hybridized carbons (Fsp3) is 0.250. The number of nitrogens with one attached hydrogen (secondary N) is 2. The minimum absolute atomic E-state index is 0.0752. The fourth-order valence-electron chi connectivity index (χ4n) is 4.72. The molecule has 0 bridgehead atoms. The molecule has 1 saturated heterocycles. The molecule has 0 radical (unpaired) electrons. The summed E-state index contributed by atoms with van der Waals surface area (Å²) in [6, 6.07) is 23.7. The maximum absolute atomic E-state index is 13.6. The van der Waals surface area contributed by atoms with E-state index in [4.69, 9.17) is 9.47 Å². The van der Waals surface area contributed by atoms with Crippen molar-refractivity contribution in [3.8, 4) is 17.0 Å². The number of hydrogen-bond acceptors (Lipinski definition) is 8. The predicted molar refractivity (Wildman–Crippen MR) is 167 cm³/mol. The number of methoxy groups -OCH3 is 1. The molecule has 11 heteroatoms. The van der Waals surface area contributed by atoms with Gasteiger partial charge in [0.25, 0.3) is 5.91 Å². The number of thiazole rings is 1. The van der Waals surface area contributed by atoms with Crippen molar-refractivity contribution >= 4 is 46.1 Å². The number of rotatable bonds is 9. The maximum atomic E-state index is 13.6. The van der Waals surface area contributed by atoms with Crippen molar-refractivity contribution in [2.45, 2.75) is 36.9 Å². The number of aromatic nitrogens is 1. The molecule has 2 atom stereocenters. The van der Waals surface area contributed by atoms with E-state index >= 15 is 0 Å². The van der Waals surface area contributed by atoms with Crippen molar-refractivity contribution in [2.75, 3.05) is 18.2 Å². The average molecular weight is 615 g/mol. The Morgan fingerprint density at radius 3 is 2.53 bits per heavy atom. The molecule has 4 aromatic rings. The second-order valence-corrected chi connectivity index (χ2v) is 12.2. The highest BCUT2D eigenvalue weighted by Gasteiger charge is 2.43. The van der Waals surface area contributed by atoms with Gasteiger partial charge in [0, 0.05) is 28.3 Å². The van der Waals surface area contributed by atoms with E-state index in [1.54, 1.807) is 19.2 Å². The summed E-state index contributed by atoms with van der Waals surface area (Å²) in [5.41, 5.74) is 3.81. The quantitative estimate of drug-likeness (QED) is 0.234. The van der Waals surface area contributed by atoms with Crippen LogP contribution in [0.1, 0.15) is 39.7 Å². The van der Waals surface area contributed by atoms with Crippen LogP contribution in [0.4, 0.5) is 9.93 Å². The van der Waals surface area contributed by atoms with Gasteiger partial charge in [-0.25, -0.2) is 9.78 Å². The van der Waals surface area contributed by atoms with Crippen LogP contribution in [0.15, 0.2) is 84.2 Å². The molecule has 2 fully saturated rings. The molecule has 1 aliphatic heterocycles. The first-order valence-corrected chi connectivity index (χ1v) is 15.8. The number of carbonyl (C=O) groups is 3. The van der Waals surface area contributed by atoms with Crippen LogP contribution in [0.2, 0.25) is 0 Å². The van der Waals surface area contributed by atoms with Gasteiger partial charge in [0.2, 0.25) is 5.91 Å². The number of nitrogens with zero attached hydrogens (tertiary/aromatic N) is 2. The number of thioether (sulfide) groups is 1. The van der Waals surface area contributed by atoms with Gasteiger partial charge >= 0.3 is 6.09 Å². The van der Waals surface area contributed by atoms with Crippen molar-refractivity contribution in [1.29, 1.82) is 0 Å². The van der Waals surface area contributed by atoms with Gasteiger partial charge < -0.3 is 20.1 Å². The Kier molecular flexibility index (Phi) is 8.62. The SMILES string of the molecule is COc1cccc(C2SCC(C(=O)Nc3nc(-c4ccc(C(=O)NC5CC5)cc4)cs3)N2C(=O)OCc2ccccc2)c1. The summed E-state index contributed by atoms with van der Waals surface area (Å²) in [6.07, 6.45) is 1.49. The van der Waals surface area contributed by atoms with E-state index in [0.29, 0.717) is 33.9 Å². The fourth-order valence-corrected chi connectivity index (χ4v) is 6.85. The molecule has 1 saturated carbocycles. The first kappa shape index (κ1) is 28.8. The normalized spacial score (nSPS) is 17.7. The molecular weight excluding hydrogens is 585 g/mol. The Labute approximate surface area is 257 Å². The summed E-state index contributed by atoms with van der Waals surface area (Å²) in [5.74, 6) is 0.628. The van der Waals surface area contributed by atoms with Crippen LogP contribution < -0.4 is 15.4 Å². The van der Waals surface area contributed by atoms with Gasteiger partial charge in [-0.15, -0.1) is 23.1 Å².